The number of fused-ring (bicyclic) bond motifs is 1. The summed E-state index contributed by atoms with van der Waals surface area (Å²) in [6, 6.07) is 14.8. The summed E-state index contributed by atoms with van der Waals surface area (Å²) in [4.78, 5) is 4.47. The van der Waals surface area contributed by atoms with E-state index in [9.17, 15) is 0 Å². The summed E-state index contributed by atoms with van der Waals surface area (Å²) >= 11 is 3.54. The molecule has 1 saturated heterocycles. The van der Waals surface area contributed by atoms with Crippen LogP contribution in [0.5, 0.6) is 0 Å². The van der Waals surface area contributed by atoms with E-state index in [4.69, 9.17) is 4.74 Å². The van der Waals surface area contributed by atoms with Crippen LogP contribution in [0.15, 0.2) is 59.3 Å². The van der Waals surface area contributed by atoms with Gasteiger partial charge in [-0.15, -0.1) is 0 Å². The molecule has 4 rings (SSSR count). The Bertz CT molecular complexity index is 838. The molecule has 0 radical (unpaired) electrons. The van der Waals surface area contributed by atoms with E-state index in [1.54, 1.807) is 0 Å². The van der Waals surface area contributed by atoms with Crippen LogP contribution in [-0.4, -0.2) is 29.1 Å². The van der Waals surface area contributed by atoms with E-state index in [1.165, 1.54) is 11.3 Å². The van der Waals surface area contributed by atoms with Gasteiger partial charge < -0.3 is 14.5 Å². The highest BCUT2D eigenvalue weighted by molar-refractivity contribution is 9.10. The van der Waals surface area contributed by atoms with Crippen LogP contribution in [0, 0.1) is 0 Å². The number of ether oxygens (including phenoxy) is 1. The fourth-order valence-corrected chi connectivity index (χ4v) is 3.94. The maximum atomic E-state index is 5.63. The van der Waals surface area contributed by atoms with Gasteiger partial charge in [-0.05, 0) is 42.7 Å². The van der Waals surface area contributed by atoms with Crippen molar-refractivity contribution >= 4 is 21.6 Å². The highest BCUT2D eigenvalue weighted by Crippen LogP contribution is 2.35. The number of aromatic nitrogens is 2. The number of halogens is 1. The van der Waals surface area contributed by atoms with Crippen LogP contribution < -0.4 is 5.32 Å². The molecule has 0 aliphatic carbocycles. The van der Waals surface area contributed by atoms with Gasteiger partial charge in [0.1, 0.15) is 5.65 Å². The van der Waals surface area contributed by atoms with Crippen molar-refractivity contribution in [3.05, 3.63) is 70.6 Å². The molecule has 0 spiro atoms. The number of nitrogens with zero attached hydrogens (tertiary/aromatic N) is 2. The van der Waals surface area contributed by atoms with Crippen LogP contribution >= 0.6 is 15.9 Å². The van der Waals surface area contributed by atoms with E-state index in [0.717, 1.165) is 49.3 Å². The molecule has 0 saturated carbocycles. The maximum absolute atomic E-state index is 5.63. The molecule has 25 heavy (non-hydrogen) atoms. The van der Waals surface area contributed by atoms with Crippen molar-refractivity contribution in [1.82, 2.24) is 14.7 Å². The molecule has 0 bridgehead atoms. The summed E-state index contributed by atoms with van der Waals surface area (Å²) in [7, 11) is 0. The van der Waals surface area contributed by atoms with E-state index in [2.05, 4.69) is 61.1 Å². The predicted molar refractivity (Wildman–Crippen MR) is 103 cm³/mol. The maximum Gasteiger partial charge on any atom is 0.136 e. The van der Waals surface area contributed by atoms with Gasteiger partial charge in [-0.1, -0.05) is 34.1 Å². The molecule has 1 aliphatic rings. The molecule has 0 unspecified atom stereocenters. The van der Waals surface area contributed by atoms with Gasteiger partial charge in [0.25, 0.3) is 0 Å². The quantitative estimate of drug-likeness (QED) is 0.705. The van der Waals surface area contributed by atoms with Crippen molar-refractivity contribution in [3.8, 4) is 0 Å². The Kier molecular flexibility index (Phi) is 4.88. The van der Waals surface area contributed by atoms with Gasteiger partial charge in [0.05, 0.1) is 11.9 Å². The largest absolute Gasteiger partial charge is 0.381 e. The van der Waals surface area contributed by atoms with Crippen molar-refractivity contribution in [2.45, 2.75) is 24.8 Å². The number of nitrogens with one attached hydrogen (secondary N) is 1. The molecule has 130 valence electrons. The zero-order valence-electron chi connectivity index (χ0n) is 14.1. The second-order valence-corrected chi connectivity index (χ2v) is 7.60. The van der Waals surface area contributed by atoms with Crippen LogP contribution in [0.4, 0.5) is 0 Å². The molecule has 0 atom stereocenters. The second-order valence-electron chi connectivity index (χ2n) is 6.68. The first kappa shape index (κ1) is 16.8. The summed E-state index contributed by atoms with van der Waals surface area (Å²) in [5, 5.41) is 3.68. The monoisotopic (exact) mass is 399 g/mol. The van der Waals surface area contributed by atoms with E-state index < -0.39 is 0 Å². The van der Waals surface area contributed by atoms with Crippen molar-refractivity contribution in [3.63, 3.8) is 0 Å². The number of rotatable bonds is 5. The Balaban J connectivity index is 1.50. The summed E-state index contributed by atoms with van der Waals surface area (Å²) in [6.45, 7) is 3.41. The molecule has 1 aromatic carbocycles. The van der Waals surface area contributed by atoms with E-state index >= 15 is 0 Å². The van der Waals surface area contributed by atoms with Gasteiger partial charge in [-0.3, -0.25) is 0 Å². The van der Waals surface area contributed by atoms with Crippen molar-refractivity contribution in [1.29, 1.82) is 0 Å². The Labute approximate surface area is 156 Å². The number of imidazole rings is 1. The Morgan fingerprint density at radius 3 is 2.72 bits per heavy atom. The summed E-state index contributed by atoms with van der Waals surface area (Å²) in [6.07, 6.45) is 6.13. The fourth-order valence-electron chi connectivity index (χ4n) is 3.68. The molecule has 2 aromatic heterocycles. The summed E-state index contributed by atoms with van der Waals surface area (Å²) < 4.78 is 8.89. The first-order valence-corrected chi connectivity index (χ1v) is 9.52. The third-order valence-electron chi connectivity index (χ3n) is 5.17. The Morgan fingerprint density at radius 1 is 1.12 bits per heavy atom. The number of hydrogen-bond donors (Lipinski definition) is 1. The van der Waals surface area contributed by atoms with Crippen LogP contribution in [0.3, 0.4) is 0 Å². The molecule has 5 heteroatoms. The highest BCUT2D eigenvalue weighted by Gasteiger charge is 2.34. The number of hydrogen-bond acceptors (Lipinski definition) is 3. The minimum absolute atomic E-state index is 0.138. The molecular weight excluding hydrogens is 378 g/mol. The first-order chi connectivity index (χ1) is 12.3. The van der Waals surface area contributed by atoms with Crippen molar-refractivity contribution in [2.24, 2.45) is 0 Å². The second kappa shape index (κ2) is 7.28. The van der Waals surface area contributed by atoms with Crippen molar-refractivity contribution in [2.75, 3.05) is 19.8 Å². The van der Waals surface area contributed by atoms with Gasteiger partial charge in [-0.2, -0.15) is 0 Å². The van der Waals surface area contributed by atoms with Crippen LogP contribution in [-0.2, 0) is 16.7 Å². The Morgan fingerprint density at radius 2 is 1.92 bits per heavy atom. The topological polar surface area (TPSA) is 38.6 Å². The van der Waals surface area contributed by atoms with Gasteiger partial charge in [-0.25, -0.2) is 4.98 Å². The lowest BCUT2D eigenvalue weighted by atomic mass is 9.74. The summed E-state index contributed by atoms with van der Waals surface area (Å²) in [5.41, 5.74) is 3.71. The normalized spacial score (nSPS) is 17.0. The lowest BCUT2D eigenvalue weighted by Crippen LogP contribution is -2.42. The molecule has 4 nitrogen and oxygen atoms in total. The lowest BCUT2D eigenvalue weighted by Gasteiger charge is -2.38. The number of benzene rings is 1. The molecule has 1 fully saturated rings. The third kappa shape index (κ3) is 3.50. The average Bonchev–Trinajstić information content (AvgIpc) is 3.06. The van der Waals surface area contributed by atoms with Gasteiger partial charge in [0.2, 0.25) is 0 Å². The third-order valence-corrected chi connectivity index (χ3v) is 5.70. The summed E-state index contributed by atoms with van der Waals surface area (Å²) in [5.74, 6) is 0. The lowest BCUT2D eigenvalue weighted by molar-refractivity contribution is 0.0497. The molecular formula is C20H22BrN3O. The van der Waals surface area contributed by atoms with E-state index in [-0.39, 0.29) is 5.41 Å². The van der Waals surface area contributed by atoms with Gasteiger partial charge in [0.15, 0.2) is 0 Å². The fraction of sp³-hybridized carbons (Fsp3) is 0.350. The van der Waals surface area contributed by atoms with E-state index in [0.29, 0.717) is 0 Å². The van der Waals surface area contributed by atoms with Crippen LogP contribution in [0.25, 0.3) is 5.65 Å². The smallest absolute Gasteiger partial charge is 0.136 e. The van der Waals surface area contributed by atoms with E-state index in [1.807, 2.05) is 24.4 Å². The van der Waals surface area contributed by atoms with Crippen LogP contribution in [0.1, 0.15) is 24.1 Å². The van der Waals surface area contributed by atoms with Crippen molar-refractivity contribution < 1.29 is 4.74 Å². The molecule has 1 aliphatic heterocycles. The molecule has 3 aromatic rings. The molecule has 1 N–H and O–H groups in total. The zero-order valence-corrected chi connectivity index (χ0v) is 15.7. The van der Waals surface area contributed by atoms with Crippen LogP contribution in [0.2, 0.25) is 0 Å². The SMILES string of the molecule is Brc1ccc(C2(CNCc3cnc4ccccn34)CCOCC2)cc1. The minimum Gasteiger partial charge on any atom is -0.381 e. The van der Waals surface area contributed by atoms with Gasteiger partial charge in [0, 0.05) is 42.4 Å². The molecule has 0 amide bonds. The minimum atomic E-state index is 0.138. The van der Waals surface area contributed by atoms with Gasteiger partial charge >= 0.3 is 0 Å². The Hall–Kier alpha value is -1.69. The molecule has 3 heterocycles. The average molecular weight is 400 g/mol. The highest BCUT2D eigenvalue weighted by atomic mass is 79.9. The predicted octanol–water partition coefficient (Wildman–Crippen LogP) is 3.93. The number of pyridine rings is 1. The standard InChI is InChI=1S/C20H22BrN3O/c21-17-6-4-16(5-7-17)20(8-11-25-12-9-20)15-22-13-18-14-23-19-3-1-2-10-24(18)19/h1-7,10,14,22H,8-9,11-13,15H2. The zero-order chi connectivity index (χ0) is 17.1. The first-order valence-electron chi connectivity index (χ1n) is 8.72.